The molecule has 0 saturated carbocycles. The van der Waals surface area contributed by atoms with Gasteiger partial charge in [0.2, 0.25) is 6.29 Å². The van der Waals surface area contributed by atoms with E-state index in [0.29, 0.717) is 27.6 Å². The minimum atomic E-state index is -0.844. The summed E-state index contributed by atoms with van der Waals surface area (Å²) in [6.45, 7) is 0. The normalized spacial score (nSPS) is 15.9. The predicted molar refractivity (Wildman–Crippen MR) is 92.8 cm³/mol. The maximum Gasteiger partial charge on any atom is 0.341 e. The Morgan fingerprint density at radius 1 is 1.00 bits per heavy atom. The van der Waals surface area contributed by atoms with E-state index in [4.69, 9.17) is 14.2 Å². The van der Waals surface area contributed by atoms with Crippen LogP contribution in [0.5, 0.6) is 11.5 Å². The number of esters is 1. The van der Waals surface area contributed by atoms with Crippen LogP contribution in [-0.2, 0) is 9.47 Å². The summed E-state index contributed by atoms with van der Waals surface area (Å²) < 4.78 is 16.0. The third-order valence-electron chi connectivity index (χ3n) is 4.46. The van der Waals surface area contributed by atoms with Gasteiger partial charge in [-0.15, -0.1) is 0 Å². The van der Waals surface area contributed by atoms with Gasteiger partial charge in [-0.05, 0) is 23.3 Å². The number of phenolic OH excluding ortho intramolecular Hbond substituents is 1. The fourth-order valence-electron chi connectivity index (χ4n) is 3.32. The Hall–Kier alpha value is -3.05. The number of ether oxygens (including phenoxy) is 3. The molecule has 0 bridgehead atoms. The highest BCUT2D eigenvalue weighted by Crippen LogP contribution is 2.47. The van der Waals surface area contributed by atoms with Crippen molar-refractivity contribution < 1.29 is 24.1 Å². The van der Waals surface area contributed by atoms with Gasteiger partial charge < -0.3 is 19.3 Å². The van der Waals surface area contributed by atoms with Crippen molar-refractivity contribution in [1.82, 2.24) is 0 Å². The van der Waals surface area contributed by atoms with E-state index in [1.165, 1.54) is 14.2 Å². The largest absolute Gasteiger partial charge is 0.504 e. The number of hydrogen-bond acceptors (Lipinski definition) is 5. The number of carbonyl (C=O) groups excluding carboxylic acids is 1. The zero-order valence-electron chi connectivity index (χ0n) is 13.8. The summed E-state index contributed by atoms with van der Waals surface area (Å²) in [5, 5.41) is 12.0. The molecule has 126 valence electrons. The first-order valence-corrected chi connectivity index (χ1v) is 7.81. The molecule has 0 saturated heterocycles. The Bertz CT molecular complexity index is 979. The van der Waals surface area contributed by atoms with E-state index in [0.717, 1.165) is 11.1 Å². The summed E-state index contributed by atoms with van der Waals surface area (Å²) >= 11 is 0. The highest BCUT2D eigenvalue weighted by atomic mass is 16.7. The summed E-state index contributed by atoms with van der Waals surface area (Å²) in [4.78, 5) is 12.3. The van der Waals surface area contributed by atoms with Gasteiger partial charge in [-0.25, -0.2) is 4.79 Å². The summed E-state index contributed by atoms with van der Waals surface area (Å²) in [6.07, 6.45) is -0.844. The molecule has 3 aromatic carbocycles. The van der Waals surface area contributed by atoms with Gasteiger partial charge in [0.15, 0.2) is 11.5 Å². The van der Waals surface area contributed by atoms with E-state index in [1.807, 2.05) is 36.4 Å². The van der Waals surface area contributed by atoms with Crippen LogP contribution >= 0.6 is 0 Å². The average Bonchev–Trinajstić information content (AvgIpc) is 2.66. The minimum Gasteiger partial charge on any atom is -0.504 e. The fourth-order valence-corrected chi connectivity index (χ4v) is 3.32. The lowest BCUT2D eigenvalue weighted by Crippen LogP contribution is -2.20. The van der Waals surface area contributed by atoms with Crippen molar-refractivity contribution in [3.63, 3.8) is 0 Å². The number of methoxy groups -OCH3 is 2. The zero-order chi connectivity index (χ0) is 17.6. The number of hydrogen-bond donors (Lipinski definition) is 1. The first kappa shape index (κ1) is 15.5. The predicted octanol–water partition coefficient (Wildman–Crippen LogP) is 4.04. The molecule has 25 heavy (non-hydrogen) atoms. The molecule has 5 heteroatoms. The third kappa shape index (κ3) is 2.24. The molecule has 0 radical (unpaired) electrons. The van der Waals surface area contributed by atoms with Crippen molar-refractivity contribution in [1.29, 1.82) is 0 Å². The first-order valence-electron chi connectivity index (χ1n) is 7.81. The number of carbonyl (C=O) groups is 1. The Morgan fingerprint density at radius 3 is 2.40 bits per heavy atom. The Kier molecular flexibility index (Phi) is 3.58. The van der Waals surface area contributed by atoms with Gasteiger partial charge in [0, 0.05) is 23.4 Å². The number of aromatic hydroxyl groups is 1. The molecule has 4 rings (SSSR count). The maximum atomic E-state index is 12.3. The average molecular weight is 336 g/mol. The molecule has 0 spiro atoms. The maximum absolute atomic E-state index is 12.3. The summed E-state index contributed by atoms with van der Waals surface area (Å²) in [6, 6.07) is 14.8. The van der Waals surface area contributed by atoms with E-state index in [9.17, 15) is 9.90 Å². The zero-order valence-corrected chi connectivity index (χ0v) is 13.8. The van der Waals surface area contributed by atoms with Crippen LogP contribution in [0.1, 0.15) is 22.2 Å². The van der Waals surface area contributed by atoms with Crippen LogP contribution in [0.15, 0.2) is 48.5 Å². The highest BCUT2D eigenvalue weighted by molar-refractivity contribution is 6.14. The van der Waals surface area contributed by atoms with Gasteiger partial charge >= 0.3 is 5.97 Å². The number of rotatable bonds is 3. The smallest absolute Gasteiger partial charge is 0.341 e. The molecule has 3 aromatic rings. The van der Waals surface area contributed by atoms with Crippen LogP contribution in [0.4, 0.5) is 0 Å². The van der Waals surface area contributed by atoms with Gasteiger partial charge in [-0.1, -0.05) is 36.4 Å². The molecule has 1 aliphatic rings. The van der Waals surface area contributed by atoms with Crippen molar-refractivity contribution >= 4 is 16.7 Å². The molecule has 0 fully saturated rings. The molecule has 1 aliphatic heterocycles. The van der Waals surface area contributed by atoms with Crippen LogP contribution in [0.3, 0.4) is 0 Å². The van der Waals surface area contributed by atoms with Crippen LogP contribution in [0.25, 0.3) is 21.9 Å². The van der Waals surface area contributed by atoms with Crippen LogP contribution in [0, 0.1) is 0 Å². The van der Waals surface area contributed by atoms with Crippen LogP contribution in [0.2, 0.25) is 0 Å². The van der Waals surface area contributed by atoms with Gasteiger partial charge in [0.1, 0.15) is 0 Å². The molecule has 5 nitrogen and oxygen atoms in total. The van der Waals surface area contributed by atoms with Gasteiger partial charge in [-0.3, -0.25) is 0 Å². The second kappa shape index (κ2) is 5.79. The SMILES string of the molecule is COc1cc2c3c(ccc(-c4ccccc4)c3c1O)C(=O)OC2OC. The lowest BCUT2D eigenvalue weighted by Gasteiger charge is -2.26. The molecular formula is C20H16O5. The van der Waals surface area contributed by atoms with E-state index in [2.05, 4.69) is 0 Å². The molecule has 1 atom stereocenters. The lowest BCUT2D eigenvalue weighted by molar-refractivity contribution is -0.0940. The molecule has 1 unspecified atom stereocenters. The number of cyclic esters (lactones) is 1. The van der Waals surface area contributed by atoms with Gasteiger partial charge in [-0.2, -0.15) is 0 Å². The molecular weight excluding hydrogens is 320 g/mol. The number of phenols is 1. The fraction of sp³-hybridized carbons (Fsp3) is 0.150. The topological polar surface area (TPSA) is 65.0 Å². The first-order chi connectivity index (χ1) is 12.2. The van der Waals surface area contributed by atoms with Crippen LogP contribution in [-0.4, -0.2) is 25.3 Å². The number of benzene rings is 3. The molecule has 0 aromatic heterocycles. The Morgan fingerprint density at radius 2 is 1.72 bits per heavy atom. The van der Waals surface area contributed by atoms with Crippen molar-refractivity contribution in [2.24, 2.45) is 0 Å². The van der Waals surface area contributed by atoms with Crippen molar-refractivity contribution in [3.8, 4) is 22.6 Å². The van der Waals surface area contributed by atoms with Gasteiger partial charge in [0.05, 0.1) is 12.7 Å². The van der Waals surface area contributed by atoms with E-state index < -0.39 is 12.3 Å². The second-order valence-corrected chi connectivity index (χ2v) is 5.77. The van der Waals surface area contributed by atoms with Crippen molar-refractivity contribution in [2.75, 3.05) is 14.2 Å². The molecule has 1 heterocycles. The Labute approximate surface area is 144 Å². The molecule has 1 N–H and O–H groups in total. The van der Waals surface area contributed by atoms with Crippen molar-refractivity contribution in [3.05, 3.63) is 59.7 Å². The lowest BCUT2D eigenvalue weighted by atomic mass is 9.89. The summed E-state index contributed by atoms with van der Waals surface area (Å²) in [7, 11) is 2.95. The second-order valence-electron chi connectivity index (χ2n) is 5.77. The molecule has 0 aliphatic carbocycles. The quantitative estimate of drug-likeness (QED) is 0.731. The minimum absolute atomic E-state index is 0.00786. The highest BCUT2D eigenvalue weighted by Gasteiger charge is 2.32. The van der Waals surface area contributed by atoms with E-state index in [1.54, 1.807) is 12.1 Å². The van der Waals surface area contributed by atoms with Crippen molar-refractivity contribution in [2.45, 2.75) is 6.29 Å². The van der Waals surface area contributed by atoms with E-state index >= 15 is 0 Å². The van der Waals surface area contributed by atoms with Gasteiger partial charge in [0.25, 0.3) is 0 Å². The van der Waals surface area contributed by atoms with Crippen LogP contribution < -0.4 is 4.74 Å². The molecule has 0 amide bonds. The Balaban J connectivity index is 2.17. The summed E-state index contributed by atoms with van der Waals surface area (Å²) in [5.74, 6) is -0.183. The summed E-state index contributed by atoms with van der Waals surface area (Å²) in [5.41, 5.74) is 2.79. The van der Waals surface area contributed by atoms with E-state index in [-0.39, 0.29) is 5.75 Å². The monoisotopic (exact) mass is 336 g/mol. The third-order valence-corrected chi connectivity index (χ3v) is 4.46. The standard InChI is InChI=1S/C20H16O5/c1-23-15-10-14-16-13(19(22)25-20(14)24-2)9-8-12(17(16)18(15)21)11-6-4-3-5-7-11/h3-10,20-21H,1-2H3.